The van der Waals surface area contributed by atoms with Gasteiger partial charge in [-0.3, -0.25) is 0 Å². The predicted molar refractivity (Wildman–Crippen MR) is 74.6 cm³/mol. The van der Waals surface area contributed by atoms with Gasteiger partial charge >= 0.3 is 0 Å². The van der Waals surface area contributed by atoms with E-state index in [1.54, 1.807) is 0 Å². The first-order valence-electron chi connectivity index (χ1n) is 6.97. The Hall–Kier alpha value is -1.67. The maximum Gasteiger partial charge on any atom is 0.184 e. The molecule has 2 heterocycles. The van der Waals surface area contributed by atoms with Crippen molar-refractivity contribution in [1.82, 2.24) is 0 Å². The van der Waals surface area contributed by atoms with Crippen LogP contribution in [0.5, 0.6) is 0 Å². The van der Waals surface area contributed by atoms with Gasteiger partial charge in [0.1, 0.15) is 18.3 Å². The molecule has 2 saturated heterocycles. The molecule has 6 atom stereocenters. The van der Waals surface area contributed by atoms with E-state index in [4.69, 9.17) is 24.5 Å². The Kier molecular flexibility index (Phi) is 4.58. The third-order valence-electron chi connectivity index (χ3n) is 3.82. The van der Waals surface area contributed by atoms with Gasteiger partial charge in [0.15, 0.2) is 12.6 Å². The Morgan fingerprint density at radius 1 is 1.32 bits per heavy atom. The molecule has 1 aromatic carbocycles. The minimum absolute atomic E-state index is 0.258. The van der Waals surface area contributed by atoms with E-state index in [1.807, 2.05) is 30.3 Å². The van der Waals surface area contributed by atoms with Gasteiger partial charge in [-0.1, -0.05) is 35.4 Å². The minimum atomic E-state index is -1.10. The maximum absolute atomic E-state index is 10.2. The molecule has 0 aliphatic carbocycles. The lowest BCUT2D eigenvalue weighted by atomic mass is 9.96. The molecule has 0 bridgehead atoms. The summed E-state index contributed by atoms with van der Waals surface area (Å²) in [4.78, 5) is 2.80. The zero-order valence-corrected chi connectivity index (χ0v) is 12.0. The average molecular weight is 307 g/mol. The van der Waals surface area contributed by atoms with Crippen molar-refractivity contribution in [2.45, 2.75) is 36.9 Å². The topological polar surface area (TPSA) is 106 Å². The third-order valence-corrected chi connectivity index (χ3v) is 3.82. The monoisotopic (exact) mass is 307 g/mol. The maximum atomic E-state index is 10.2. The molecule has 2 fully saturated rings. The van der Waals surface area contributed by atoms with Crippen molar-refractivity contribution in [3.05, 3.63) is 46.3 Å². The zero-order chi connectivity index (χ0) is 15.5. The molecule has 1 N–H and O–H groups in total. The van der Waals surface area contributed by atoms with E-state index in [-0.39, 0.29) is 6.61 Å². The standard InChI is InChI=1S/C14H17N3O5/c1-19-14-11(18)10(16-17-15)12-9(21-14)7-20-13(22-12)8-5-3-2-4-6-8/h2-6,9-14,18H,7H2,1H3/t9-,10-,11-,12-,13-,14-/m1/s1. The van der Waals surface area contributed by atoms with E-state index in [9.17, 15) is 5.11 Å². The summed E-state index contributed by atoms with van der Waals surface area (Å²) in [6.45, 7) is 0.258. The van der Waals surface area contributed by atoms with Crippen molar-refractivity contribution in [3.8, 4) is 0 Å². The second-order valence-electron chi connectivity index (χ2n) is 5.14. The van der Waals surface area contributed by atoms with Gasteiger partial charge in [-0.15, -0.1) is 0 Å². The van der Waals surface area contributed by atoms with E-state index >= 15 is 0 Å². The van der Waals surface area contributed by atoms with Gasteiger partial charge in [0.2, 0.25) is 0 Å². The van der Waals surface area contributed by atoms with Crippen LogP contribution in [-0.4, -0.2) is 49.5 Å². The van der Waals surface area contributed by atoms with Gasteiger partial charge < -0.3 is 24.1 Å². The van der Waals surface area contributed by atoms with Gasteiger partial charge in [-0.25, -0.2) is 0 Å². The largest absolute Gasteiger partial charge is 0.387 e. The number of hydrogen-bond acceptors (Lipinski definition) is 6. The molecule has 1 aromatic rings. The van der Waals surface area contributed by atoms with E-state index in [2.05, 4.69) is 10.0 Å². The van der Waals surface area contributed by atoms with Crippen LogP contribution in [0.2, 0.25) is 0 Å². The minimum Gasteiger partial charge on any atom is -0.387 e. The van der Waals surface area contributed by atoms with Crippen LogP contribution in [-0.2, 0) is 18.9 Å². The number of aliphatic hydroxyl groups excluding tert-OH is 1. The molecule has 2 aliphatic rings. The molecule has 8 heteroatoms. The molecule has 0 unspecified atom stereocenters. The average Bonchev–Trinajstić information content (AvgIpc) is 2.57. The summed E-state index contributed by atoms with van der Waals surface area (Å²) in [7, 11) is 1.42. The van der Waals surface area contributed by atoms with Crippen molar-refractivity contribution in [3.63, 3.8) is 0 Å². The number of aliphatic hydroxyl groups is 1. The normalized spacial score (nSPS) is 37.9. The number of hydrogen-bond donors (Lipinski definition) is 1. The summed E-state index contributed by atoms with van der Waals surface area (Å²) >= 11 is 0. The Balaban J connectivity index is 1.82. The van der Waals surface area contributed by atoms with Crippen LogP contribution in [0.1, 0.15) is 11.9 Å². The van der Waals surface area contributed by atoms with Gasteiger partial charge in [-0.2, -0.15) is 0 Å². The fraction of sp³-hybridized carbons (Fsp3) is 0.571. The predicted octanol–water partition coefficient (Wildman–Crippen LogP) is 1.51. The Morgan fingerprint density at radius 2 is 2.09 bits per heavy atom. The number of nitrogens with zero attached hydrogens (tertiary/aromatic N) is 3. The summed E-state index contributed by atoms with van der Waals surface area (Å²) in [6.07, 6.45) is -3.64. The fourth-order valence-corrected chi connectivity index (χ4v) is 2.75. The first-order valence-corrected chi connectivity index (χ1v) is 6.97. The SMILES string of the molecule is CO[C@@H]1O[C@@H]2CO[C@@H](c3ccccc3)O[C@H]2[C@H](N=[N+]=[N-])[C@H]1O. The number of fused-ring (bicyclic) bond motifs is 1. The van der Waals surface area contributed by atoms with Gasteiger partial charge in [-0.05, 0) is 5.53 Å². The summed E-state index contributed by atoms with van der Waals surface area (Å²) < 4.78 is 22.2. The van der Waals surface area contributed by atoms with Crippen LogP contribution >= 0.6 is 0 Å². The van der Waals surface area contributed by atoms with Crippen molar-refractivity contribution in [2.24, 2.45) is 5.11 Å². The molecule has 0 saturated carbocycles. The van der Waals surface area contributed by atoms with Crippen LogP contribution in [0.15, 0.2) is 35.4 Å². The molecule has 0 spiro atoms. The van der Waals surface area contributed by atoms with Crippen molar-refractivity contribution in [2.75, 3.05) is 13.7 Å². The first kappa shape index (κ1) is 15.2. The second kappa shape index (κ2) is 6.62. The molecule has 118 valence electrons. The zero-order valence-electron chi connectivity index (χ0n) is 12.0. The lowest BCUT2D eigenvalue weighted by Crippen LogP contribution is -2.61. The second-order valence-corrected chi connectivity index (χ2v) is 5.14. The first-order chi connectivity index (χ1) is 10.7. The highest BCUT2D eigenvalue weighted by Gasteiger charge is 2.49. The highest BCUT2D eigenvalue weighted by molar-refractivity contribution is 5.16. The van der Waals surface area contributed by atoms with E-state index in [0.717, 1.165) is 5.56 Å². The van der Waals surface area contributed by atoms with Crippen LogP contribution in [0.3, 0.4) is 0 Å². The molecule has 22 heavy (non-hydrogen) atoms. The lowest BCUT2D eigenvalue weighted by molar-refractivity contribution is -0.337. The van der Waals surface area contributed by atoms with Crippen molar-refractivity contribution in [1.29, 1.82) is 0 Å². The van der Waals surface area contributed by atoms with Gasteiger partial charge in [0, 0.05) is 17.6 Å². The summed E-state index contributed by atoms with van der Waals surface area (Å²) in [5.74, 6) is 0. The Morgan fingerprint density at radius 3 is 2.77 bits per heavy atom. The summed E-state index contributed by atoms with van der Waals surface area (Å²) in [5, 5.41) is 13.9. The van der Waals surface area contributed by atoms with E-state index in [1.165, 1.54) is 7.11 Å². The van der Waals surface area contributed by atoms with E-state index < -0.39 is 36.9 Å². The molecular weight excluding hydrogens is 290 g/mol. The molecule has 0 aromatic heterocycles. The highest BCUT2D eigenvalue weighted by atomic mass is 16.7. The molecule has 8 nitrogen and oxygen atoms in total. The van der Waals surface area contributed by atoms with Crippen molar-refractivity contribution < 1.29 is 24.1 Å². The van der Waals surface area contributed by atoms with Gasteiger partial charge in [0.25, 0.3) is 0 Å². The molecule has 3 rings (SSSR count). The molecular formula is C14H17N3O5. The molecule has 0 amide bonds. The fourth-order valence-electron chi connectivity index (χ4n) is 2.75. The number of rotatable bonds is 3. The van der Waals surface area contributed by atoms with Crippen LogP contribution in [0.25, 0.3) is 10.4 Å². The van der Waals surface area contributed by atoms with Crippen LogP contribution in [0, 0.1) is 0 Å². The lowest BCUT2D eigenvalue weighted by Gasteiger charge is -2.46. The van der Waals surface area contributed by atoms with Crippen molar-refractivity contribution >= 4 is 0 Å². The van der Waals surface area contributed by atoms with Crippen LogP contribution < -0.4 is 0 Å². The summed E-state index contributed by atoms with van der Waals surface area (Å²) in [5.41, 5.74) is 9.60. The third kappa shape index (κ3) is 2.80. The Bertz CT molecular complexity index is 551. The molecule has 0 radical (unpaired) electrons. The number of azide groups is 1. The highest BCUT2D eigenvalue weighted by Crippen LogP contribution is 2.35. The quantitative estimate of drug-likeness (QED) is 0.517. The number of methoxy groups -OCH3 is 1. The smallest absolute Gasteiger partial charge is 0.184 e. The van der Waals surface area contributed by atoms with Gasteiger partial charge in [0.05, 0.1) is 12.6 Å². The van der Waals surface area contributed by atoms with E-state index in [0.29, 0.717) is 0 Å². The van der Waals surface area contributed by atoms with Crippen LogP contribution in [0.4, 0.5) is 0 Å². The summed E-state index contributed by atoms with van der Waals surface area (Å²) in [6, 6.07) is 8.62. The number of ether oxygens (including phenoxy) is 4. The Labute approximate surface area is 127 Å². The molecule has 2 aliphatic heterocycles. The number of benzene rings is 1.